The number of halogens is 2. The smallest absolute Gasteiger partial charge is 0.387 e. The molecule has 1 amide bonds. The predicted octanol–water partition coefficient (Wildman–Crippen LogP) is 3.15. The molecule has 29 heavy (non-hydrogen) atoms. The molecule has 1 unspecified atom stereocenters. The lowest BCUT2D eigenvalue weighted by molar-refractivity contribution is -0.125. The van der Waals surface area contributed by atoms with Crippen molar-refractivity contribution in [1.82, 2.24) is 9.62 Å². The molecule has 1 N–H and O–H groups in total. The number of alkyl halides is 2. The van der Waals surface area contributed by atoms with E-state index in [9.17, 15) is 22.0 Å². The first-order valence-corrected chi connectivity index (χ1v) is 10.7. The molecular weight excluding hydrogens is 402 g/mol. The maximum atomic E-state index is 13.0. The van der Waals surface area contributed by atoms with Crippen LogP contribution in [-0.4, -0.2) is 37.8 Å². The third kappa shape index (κ3) is 5.30. The molecule has 2 aromatic rings. The summed E-state index contributed by atoms with van der Waals surface area (Å²) < 4.78 is 55.9. The molecule has 0 aromatic heterocycles. The zero-order chi connectivity index (χ0) is 20.9. The van der Waals surface area contributed by atoms with E-state index in [-0.39, 0.29) is 29.6 Å². The average Bonchev–Trinajstić information content (AvgIpc) is 2.73. The summed E-state index contributed by atoms with van der Waals surface area (Å²) in [6.45, 7) is -2.46. The second kappa shape index (κ2) is 9.32. The molecule has 1 aliphatic heterocycles. The van der Waals surface area contributed by atoms with Gasteiger partial charge in [-0.25, -0.2) is 8.42 Å². The largest absolute Gasteiger partial charge is 0.435 e. The van der Waals surface area contributed by atoms with Crippen LogP contribution in [0.4, 0.5) is 8.78 Å². The molecule has 1 aliphatic rings. The van der Waals surface area contributed by atoms with Crippen LogP contribution in [0.25, 0.3) is 0 Å². The number of hydrogen-bond acceptors (Lipinski definition) is 4. The Labute approximate surface area is 168 Å². The highest BCUT2D eigenvalue weighted by Crippen LogP contribution is 2.25. The van der Waals surface area contributed by atoms with Crippen LogP contribution in [0.2, 0.25) is 0 Å². The lowest BCUT2D eigenvalue weighted by atomic mass is 10.0. The highest BCUT2D eigenvalue weighted by molar-refractivity contribution is 7.89. The minimum Gasteiger partial charge on any atom is -0.435 e. The molecule has 0 radical (unpaired) electrons. The Hall–Kier alpha value is -2.52. The Bertz CT molecular complexity index is 921. The number of ether oxygens (including phenoxy) is 1. The van der Waals surface area contributed by atoms with Gasteiger partial charge in [-0.1, -0.05) is 36.8 Å². The van der Waals surface area contributed by atoms with Gasteiger partial charge >= 0.3 is 6.61 Å². The third-order valence-corrected chi connectivity index (χ3v) is 6.64. The number of nitrogens with one attached hydrogen (secondary N) is 1. The molecule has 0 spiro atoms. The number of carbonyl (C=O) groups is 1. The number of amides is 1. The number of hydrogen-bond donors (Lipinski definition) is 1. The van der Waals surface area contributed by atoms with Crippen molar-refractivity contribution in [3.05, 3.63) is 60.2 Å². The standard InChI is InChI=1S/C20H22F2N2O4S/c21-20(22)28-16-11-9-15(10-12-16)14-23-19(25)18-8-4-5-13-24(18)29(26,27)17-6-2-1-3-7-17/h1-3,6-7,9-12,18,20H,4-5,8,13-14H2,(H,23,25). The van der Waals surface area contributed by atoms with E-state index >= 15 is 0 Å². The normalized spacial score (nSPS) is 17.8. The molecule has 3 rings (SSSR count). The highest BCUT2D eigenvalue weighted by atomic mass is 32.2. The minimum atomic E-state index is -3.77. The van der Waals surface area contributed by atoms with Gasteiger partial charge in [-0.3, -0.25) is 4.79 Å². The molecule has 9 heteroatoms. The van der Waals surface area contributed by atoms with Crippen LogP contribution in [0.3, 0.4) is 0 Å². The van der Waals surface area contributed by atoms with Crippen molar-refractivity contribution in [3.63, 3.8) is 0 Å². The summed E-state index contributed by atoms with van der Waals surface area (Å²) in [5.41, 5.74) is 0.688. The van der Waals surface area contributed by atoms with Gasteiger partial charge in [0.25, 0.3) is 0 Å². The van der Waals surface area contributed by atoms with Crippen molar-refractivity contribution in [2.24, 2.45) is 0 Å². The van der Waals surface area contributed by atoms with Crippen molar-refractivity contribution in [2.45, 2.75) is 43.4 Å². The fourth-order valence-electron chi connectivity index (χ4n) is 3.28. The molecule has 1 atom stereocenters. The molecule has 6 nitrogen and oxygen atoms in total. The van der Waals surface area contributed by atoms with Crippen LogP contribution in [0, 0.1) is 0 Å². The van der Waals surface area contributed by atoms with E-state index in [1.165, 1.54) is 28.6 Å². The molecular formula is C20H22F2N2O4S. The van der Waals surface area contributed by atoms with Crippen molar-refractivity contribution in [1.29, 1.82) is 0 Å². The molecule has 1 fully saturated rings. The van der Waals surface area contributed by atoms with Crippen molar-refractivity contribution in [2.75, 3.05) is 6.54 Å². The Morgan fingerprint density at radius 1 is 1.10 bits per heavy atom. The van der Waals surface area contributed by atoms with Gasteiger partial charge < -0.3 is 10.1 Å². The second-order valence-electron chi connectivity index (χ2n) is 6.68. The van der Waals surface area contributed by atoms with Gasteiger partial charge in [0.05, 0.1) is 4.90 Å². The summed E-state index contributed by atoms with van der Waals surface area (Å²) in [4.78, 5) is 12.9. The van der Waals surface area contributed by atoms with Gasteiger partial charge in [-0.2, -0.15) is 13.1 Å². The summed E-state index contributed by atoms with van der Waals surface area (Å²) in [6.07, 6.45) is 1.90. The number of nitrogens with zero attached hydrogens (tertiary/aromatic N) is 1. The number of rotatable bonds is 7. The van der Waals surface area contributed by atoms with Gasteiger partial charge in [0.15, 0.2) is 0 Å². The quantitative estimate of drug-likeness (QED) is 0.741. The zero-order valence-electron chi connectivity index (χ0n) is 15.6. The van der Waals surface area contributed by atoms with Gasteiger partial charge in [0.2, 0.25) is 15.9 Å². The molecule has 0 aliphatic carbocycles. The van der Waals surface area contributed by atoms with Gasteiger partial charge in [-0.05, 0) is 42.7 Å². The Morgan fingerprint density at radius 3 is 2.45 bits per heavy atom. The first kappa shape index (κ1) is 21.2. The van der Waals surface area contributed by atoms with Gasteiger partial charge in [0, 0.05) is 13.1 Å². The molecule has 156 valence electrons. The topological polar surface area (TPSA) is 75.7 Å². The monoisotopic (exact) mass is 424 g/mol. The average molecular weight is 424 g/mol. The molecule has 2 aromatic carbocycles. The summed E-state index contributed by atoms with van der Waals surface area (Å²) in [6, 6.07) is 13.2. The van der Waals surface area contributed by atoms with Gasteiger partial charge in [0.1, 0.15) is 11.8 Å². The van der Waals surface area contributed by atoms with E-state index in [4.69, 9.17) is 0 Å². The first-order chi connectivity index (χ1) is 13.9. The van der Waals surface area contributed by atoms with Crippen LogP contribution in [0.1, 0.15) is 24.8 Å². The number of piperidine rings is 1. The van der Waals surface area contributed by atoms with Crippen LogP contribution in [0.5, 0.6) is 5.75 Å². The van der Waals surface area contributed by atoms with E-state index < -0.39 is 22.7 Å². The SMILES string of the molecule is O=C(NCc1ccc(OC(F)F)cc1)C1CCCCN1S(=O)(=O)c1ccccc1. The second-order valence-corrected chi connectivity index (χ2v) is 8.57. The maximum absolute atomic E-state index is 13.0. The van der Waals surface area contributed by atoms with E-state index in [0.717, 1.165) is 6.42 Å². The lowest BCUT2D eigenvalue weighted by Gasteiger charge is -2.33. The summed E-state index contributed by atoms with van der Waals surface area (Å²) in [7, 11) is -3.77. The summed E-state index contributed by atoms with van der Waals surface area (Å²) in [5.74, 6) is -0.348. The lowest BCUT2D eigenvalue weighted by Crippen LogP contribution is -2.51. The number of sulfonamides is 1. The predicted molar refractivity (Wildman–Crippen MR) is 103 cm³/mol. The molecule has 1 saturated heterocycles. The zero-order valence-corrected chi connectivity index (χ0v) is 16.4. The van der Waals surface area contributed by atoms with Crippen LogP contribution in [0.15, 0.2) is 59.5 Å². The summed E-state index contributed by atoms with van der Waals surface area (Å²) in [5, 5.41) is 2.75. The van der Waals surface area contributed by atoms with E-state index in [2.05, 4.69) is 10.1 Å². The Kier molecular flexibility index (Phi) is 6.81. The fraction of sp³-hybridized carbons (Fsp3) is 0.350. The van der Waals surface area contributed by atoms with Crippen molar-refractivity contribution >= 4 is 15.9 Å². The number of benzene rings is 2. The fourth-order valence-corrected chi connectivity index (χ4v) is 4.96. The molecule has 0 bridgehead atoms. The van der Waals surface area contributed by atoms with Crippen LogP contribution < -0.4 is 10.1 Å². The molecule has 1 heterocycles. The first-order valence-electron chi connectivity index (χ1n) is 9.26. The van der Waals surface area contributed by atoms with Gasteiger partial charge in [-0.15, -0.1) is 0 Å². The van der Waals surface area contributed by atoms with Crippen molar-refractivity contribution in [3.8, 4) is 5.75 Å². The number of carbonyl (C=O) groups excluding carboxylic acids is 1. The highest BCUT2D eigenvalue weighted by Gasteiger charge is 2.37. The molecule has 0 saturated carbocycles. The maximum Gasteiger partial charge on any atom is 0.387 e. The Morgan fingerprint density at radius 2 is 1.79 bits per heavy atom. The minimum absolute atomic E-state index is 0.0301. The Balaban J connectivity index is 1.67. The van der Waals surface area contributed by atoms with Crippen molar-refractivity contribution < 1.29 is 26.7 Å². The van der Waals surface area contributed by atoms with E-state index in [1.807, 2.05) is 0 Å². The van der Waals surface area contributed by atoms with Crippen LogP contribution >= 0.6 is 0 Å². The van der Waals surface area contributed by atoms with E-state index in [1.54, 1.807) is 30.3 Å². The summed E-state index contributed by atoms with van der Waals surface area (Å²) >= 11 is 0. The third-order valence-electron chi connectivity index (χ3n) is 4.72. The van der Waals surface area contributed by atoms with E-state index in [0.29, 0.717) is 18.4 Å². The van der Waals surface area contributed by atoms with Crippen LogP contribution in [-0.2, 0) is 21.4 Å².